The summed E-state index contributed by atoms with van der Waals surface area (Å²) >= 11 is 6.11. The van der Waals surface area contributed by atoms with Gasteiger partial charge in [0.25, 0.3) is 10.1 Å². The van der Waals surface area contributed by atoms with Crippen LogP contribution in [0, 0.1) is 4.91 Å². The molecule has 196 valence electrons. The summed E-state index contributed by atoms with van der Waals surface area (Å²) in [5.41, 5.74) is 4.05. The smallest absolute Gasteiger partial charge is 0.262 e. The number of hydrogen-bond donors (Lipinski definition) is 0. The zero-order valence-corrected chi connectivity index (χ0v) is 23.0. The summed E-state index contributed by atoms with van der Waals surface area (Å²) in [7, 11) is -3.72. The number of pyridine rings is 1. The van der Waals surface area contributed by atoms with Gasteiger partial charge in [-0.1, -0.05) is 77.5 Å². The van der Waals surface area contributed by atoms with E-state index in [-0.39, 0.29) is 0 Å². The number of halogens is 1. The van der Waals surface area contributed by atoms with Gasteiger partial charge in [0, 0.05) is 10.4 Å². The highest BCUT2D eigenvalue weighted by Crippen LogP contribution is 2.32. The monoisotopic (exact) mass is 548 g/mol. The molecule has 0 aliphatic rings. The summed E-state index contributed by atoms with van der Waals surface area (Å²) in [6.07, 6.45) is 5.09. The van der Waals surface area contributed by atoms with E-state index in [2.05, 4.69) is 10.2 Å². The molecule has 3 aromatic carbocycles. The Bertz CT molecular complexity index is 1600. The van der Waals surface area contributed by atoms with Crippen molar-refractivity contribution in [3.63, 3.8) is 0 Å². The van der Waals surface area contributed by atoms with E-state index in [1.165, 1.54) is 0 Å². The second kappa shape index (κ2) is 11.6. The highest BCUT2D eigenvalue weighted by Gasteiger charge is 2.25. The maximum absolute atomic E-state index is 12.1. The third-order valence-electron chi connectivity index (χ3n) is 6.28. The molecule has 0 radical (unpaired) electrons. The Morgan fingerprint density at radius 3 is 2.53 bits per heavy atom. The standard InChI is InChI=1S/C30H29ClN2O4S/c1-30(2,33-34)27-10-5-4-8-22(27)14-18-29(37-38(3,35)36)24-9-6-7-21(19-24)11-16-26-17-13-23-12-15-25(31)20-28(23)32-26/h4-13,15-17,19-20,29H,14,18H2,1-3H3/b16-11+. The van der Waals surface area contributed by atoms with E-state index in [4.69, 9.17) is 15.8 Å². The van der Waals surface area contributed by atoms with Gasteiger partial charge in [-0.05, 0) is 79.3 Å². The molecule has 1 aromatic heterocycles. The van der Waals surface area contributed by atoms with Crippen molar-refractivity contribution in [1.29, 1.82) is 0 Å². The van der Waals surface area contributed by atoms with E-state index in [1.807, 2.05) is 91.0 Å². The molecule has 0 saturated carbocycles. The lowest BCUT2D eigenvalue weighted by Crippen LogP contribution is -2.17. The second-order valence-electron chi connectivity index (χ2n) is 9.71. The number of benzene rings is 3. The summed E-state index contributed by atoms with van der Waals surface area (Å²) in [6.45, 7) is 3.52. The Kier molecular flexibility index (Phi) is 8.41. The van der Waals surface area contributed by atoms with Crippen molar-refractivity contribution in [2.24, 2.45) is 5.18 Å². The first kappa shape index (κ1) is 27.6. The summed E-state index contributed by atoms with van der Waals surface area (Å²) < 4.78 is 29.7. The van der Waals surface area contributed by atoms with Crippen LogP contribution in [-0.2, 0) is 26.3 Å². The van der Waals surface area contributed by atoms with Crippen molar-refractivity contribution in [3.05, 3.63) is 117 Å². The minimum Gasteiger partial charge on any atom is -0.262 e. The molecular weight excluding hydrogens is 520 g/mol. The lowest BCUT2D eigenvalue weighted by atomic mass is 9.88. The quantitative estimate of drug-likeness (QED) is 0.150. The molecule has 0 spiro atoms. The fraction of sp³-hybridized carbons (Fsp3) is 0.233. The molecule has 4 rings (SSSR count). The average Bonchev–Trinajstić information content (AvgIpc) is 2.89. The van der Waals surface area contributed by atoms with Gasteiger partial charge in [-0.25, -0.2) is 4.98 Å². The van der Waals surface area contributed by atoms with Crippen molar-refractivity contribution < 1.29 is 12.6 Å². The van der Waals surface area contributed by atoms with Crippen LogP contribution in [-0.4, -0.2) is 19.7 Å². The molecule has 1 atom stereocenters. The average molecular weight is 549 g/mol. The van der Waals surface area contributed by atoms with Crippen LogP contribution in [0.5, 0.6) is 0 Å². The number of aryl methyl sites for hydroxylation is 1. The lowest BCUT2D eigenvalue weighted by molar-refractivity contribution is 0.205. The van der Waals surface area contributed by atoms with Gasteiger partial charge in [-0.15, -0.1) is 4.91 Å². The maximum atomic E-state index is 12.1. The van der Waals surface area contributed by atoms with Crippen LogP contribution in [0.4, 0.5) is 0 Å². The van der Waals surface area contributed by atoms with Crippen molar-refractivity contribution in [3.8, 4) is 0 Å². The molecule has 0 amide bonds. The Balaban J connectivity index is 1.59. The SMILES string of the molecule is CC(C)(N=O)c1ccccc1CCC(OS(C)(=O)=O)c1cccc(/C=C/c2ccc3ccc(Cl)cc3n2)c1. The molecule has 0 bridgehead atoms. The Labute approximate surface area is 228 Å². The van der Waals surface area contributed by atoms with Gasteiger partial charge < -0.3 is 0 Å². The number of rotatable bonds is 10. The topological polar surface area (TPSA) is 85.7 Å². The van der Waals surface area contributed by atoms with E-state index >= 15 is 0 Å². The van der Waals surface area contributed by atoms with Gasteiger partial charge in [0.05, 0.1) is 17.5 Å². The van der Waals surface area contributed by atoms with Crippen LogP contribution in [0.2, 0.25) is 5.02 Å². The zero-order valence-electron chi connectivity index (χ0n) is 21.5. The Hall–Kier alpha value is -3.39. The molecule has 0 aliphatic heterocycles. The van der Waals surface area contributed by atoms with E-state index < -0.39 is 21.8 Å². The first-order chi connectivity index (χ1) is 18.0. The van der Waals surface area contributed by atoms with E-state index in [0.29, 0.717) is 17.9 Å². The van der Waals surface area contributed by atoms with Crippen LogP contribution in [0.3, 0.4) is 0 Å². The summed E-state index contributed by atoms with van der Waals surface area (Å²) in [5.74, 6) is 0. The van der Waals surface area contributed by atoms with E-state index in [1.54, 1.807) is 13.8 Å². The highest BCUT2D eigenvalue weighted by molar-refractivity contribution is 7.86. The van der Waals surface area contributed by atoms with Crippen LogP contribution in [0.25, 0.3) is 23.1 Å². The minimum atomic E-state index is -3.72. The summed E-state index contributed by atoms with van der Waals surface area (Å²) in [4.78, 5) is 16.1. The van der Waals surface area contributed by atoms with Gasteiger partial charge >= 0.3 is 0 Å². The predicted octanol–water partition coefficient (Wildman–Crippen LogP) is 7.71. The number of hydrogen-bond acceptors (Lipinski definition) is 6. The molecule has 1 heterocycles. The Morgan fingerprint density at radius 1 is 1.00 bits per heavy atom. The summed E-state index contributed by atoms with van der Waals surface area (Å²) in [5, 5.41) is 4.91. The molecule has 4 aromatic rings. The molecule has 0 N–H and O–H groups in total. The molecule has 0 aliphatic carbocycles. The van der Waals surface area contributed by atoms with Gasteiger partial charge in [-0.2, -0.15) is 8.42 Å². The molecule has 0 fully saturated rings. The van der Waals surface area contributed by atoms with Crippen molar-refractivity contribution >= 4 is 44.8 Å². The third kappa shape index (κ3) is 7.13. The summed E-state index contributed by atoms with van der Waals surface area (Å²) in [6, 6.07) is 24.6. The van der Waals surface area contributed by atoms with Crippen molar-refractivity contribution in [2.75, 3.05) is 6.26 Å². The van der Waals surface area contributed by atoms with Gasteiger partial charge in [0.1, 0.15) is 11.6 Å². The molecule has 8 heteroatoms. The fourth-order valence-corrected chi connectivity index (χ4v) is 5.19. The number of aromatic nitrogens is 1. The minimum absolute atomic E-state index is 0.402. The molecule has 1 unspecified atom stereocenters. The van der Waals surface area contributed by atoms with Crippen LogP contribution in [0.15, 0.2) is 84.0 Å². The van der Waals surface area contributed by atoms with Crippen molar-refractivity contribution in [2.45, 2.75) is 38.3 Å². The predicted molar refractivity (Wildman–Crippen MR) is 154 cm³/mol. The van der Waals surface area contributed by atoms with Gasteiger partial charge in [-0.3, -0.25) is 4.18 Å². The third-order valence-corrected chi connectivity index (χ3v) is 7.09. The normalized spacial score (nSPS) is 13.2. The lowest BCUT2D eigenvalue weighted by Gasteiger charge is -2.22. The maximum Gasteiger partial charge on any atom is 0.264 e. The van der Waals surface area contributed by atoms with Crippen molar-refractivity contribution in [1.82, 2.24) is 4.98 Å². The number of nitrogens with zero attached hydrogens (tertiary/aromatic N) is 2. The van der Waals surface area contributed by atoms with Crippen LogP contribution < -0.4 is 0 Å². The number of nitroso groups, excluding NO2 is 1. The molecular formula is C30H29ClN2O4S. The van der Waals surface area contributed by atoms with Gasteiger partial charge in [0.15, 0.2) is 0 Å². The van der Waals surface area contributed by atoms with E-state index in [0.717, 1.165) is 45.1 Å². The van der Waals surface area contributed by atoms with E-state index in [9.17, 15) is 13.3 Å². The largest absolute Gasteiger partial charge is 0.264 e. The molecule has 6 nitrogen and oxygen atoms in total. The first-order valence-corrected chi connectivity index (χ1v) is 14.4. The Morgan fingerprint density at radius 2 is 1.76 bits per heavy atom. The highest BCUT2D eigenvalue weighted by atomic mass is 35.5. The number of fused-ring (bicyclic) bond motifs is 1. The fourth-order valence-electron chi connectivity index (χ4n) is 4.40. The first-order valence-electron chi connectivity index (χ1n) is 12.2. The van der Waals surface area contributed by atoms with Crippen LogP contribution >= 0.6 is 11.6 Å². The zero-order chi connectivity index (χ0) is 27.3. The van der Waals surface area contributed by atoms with Crippen LogP contribution in [0.1, 0.15) is 54.3 Å². The van der Waals surface area contributed by atoms with Gasteiger partial charge in [0.2, 0.25) is 0 Å². The molecule has 0 saturated heterocycles. The molecule has 38 heavy (non-hydrogen) atoms. The second-order valence-corrected chi connectivity index (χ2v) is 11.7.